The minimum atomic E-state index is -3.32. The van der Waals surface area contributed by atoms with Gasteiger partial charge in [0.2, 0.25) is 0 Å². The molecule has 0 saturated heterocycles. The van der Waals surface area contributed by atoms with Gasteiger partial charge in [0.05, 0.1) is 10.6 Å². The molecule has 0 aliphatic heterocycles. The van der Waals surface area contributed by atoms with E-state index in [0.717, 1.165) is 11.3 Å². The number of unbranched alkanes of at least 4 members (excludes halogenated alkanes) is 1. The van der Waals surface area contributed by atoms with E-state index in [2.05, 4.69) is 0 Å². The monoisotopic (exact) mass is 313 g/mol. The zero-order valence-corrected chi connectivity index (χ0v) is 12.9. The molecule has 0 fully saturated rings. The first-order valence-electron chi connectivity index (χ1n) is 6.58. The van der Waals surface area contributed by atoms with Crippen LogP contribution in [0.15, 0.2) is 29.2 Å². The van der Waals surface area contributed by atoms with Gasteiger partial charge in [-0.15, -0.1) is 0 Å². The Labute approximate surface area is 124 Å². The summed E-state index contributed by atoms with van der Waals surface area (Å²) < 4.78 is 24.0. The lowest BCUT2D eigenvalue weighted by Crippen LogP contribution is -2.31. The fourth-order valence-corrected chi connectivity index (χ4v) is 3.21. The van der Waals surface area contributed by atoms with Crippen LogP contribution in [0.1, 0.15) is 30.1 Å². The van der Waals surface area contributed by atoms with Gasteiger partial charge in [0.1, 0.15) is 6.54 Å². The van der Waals surface area contributed by atoms with Crippen LogP contribution in [0, 0.1) is 0 Å². The molecule has 1 amide bonds. The highest BCUT2D eigenvalue weighted by molar-refractivity contribution is 7.91. The second-order valence-electron chi connectivity index (χ2n) is 4.75. The van der Waals surface area contributed by atoms with E-state index < -0.39 is 28.3 Å². The van der Waals surface area contributed by atoms with E-state index in [-0.39, 0.29) is 16.2 Å². The van der Waals surface area contributed by atoms with Crippen molar-refractivity contribution in [3.05, 3.63) is 29.8 Å². The molecular weight excluding hydrogens is 294 g/mol. The Morgan fingerprint density at radius 3 is 2.24 bits per heavy atom. The van der Waals surface area contributed by atoms with Crippen molar-refractivity contribution in [1.82, 2.24) is 4.90 Å². The second kappa shape index (κ2) is 7.21. The minimum Gasteiger partial charge on any atom is -0.480 e. The van der Waals surface area contributed by atoms with E-state index in [1.807, 2.05) is 6.92 Å². The van der Waals surface area contributed by atoms with Crippen LogP contribution in [-0.4, -0.2) is 49.6 Å². The van der Waals surface area contributed by atoms with Crippen molar-refractivity contribution in [3.63, 3.8) is 0 Å². The van der Waals surface area contributed by atoms with Gasteiger partial charge in [0.25, 0.3) is 5.91 Å². The van der Waals surface area contributed by atoms with E-state index in [1.165, 1.54) is 31.3 Å². The van der Waals surface area contributed by atoms with E-state index in [4.69, 9.17) is 5.11 Å². The Morgan fingerprint density at radius 2 is 1.76 bits per heavy atom. The molecule has 21 heavy (non-hydrogen) atoms. The average molecular weight is 313 g/mol. The normalized spacial score (nSPS) is 11.1. The Kier molecular flexibility index (Phi) is 5.90. The number of carboxylic acid groups (broad SMARTS) is 1. The standard InChI is InChI=1S/C14H19NO5S/c1-3-4-9-21(19,20)12-7-5-11(6-8-12)14(18)15(2)10-13(16)17/h5-8H,3-4,9-10H2,1-2H3,(H,16,17). The summed E-state index contributed by atoms with van der Waals surface area (Å²) in [6.07, 6.45) is 1.38. The minimum absolute atomic E-state index is 0.0791. The molecule has 0 heterocycles. The quantitative estimate of drug-likeness (QED) is 0.822. The summed E-state index contributed by atoms with van der Waals surface area (Å²) in [6.45, 7) is 1.50. The van der Waals surface area contributed by atoms with Gasteiger partial charge < -0.3 is 10.0 Å². The van der Waals surface area contributed by atoms with Crippen molar-refractivity contribution in [2.24, 2.45) is 0 Å². The molecule has 0 spiro atoms. The van der Waals surface area contributed by atoms with Gasteiger partial charge in [-0.2, -0.15) is 0 Å². The first-order valence-corrected chi connectivity index (χ1v) is 8.23. The Hall–Kier alpha value is -1.89. The molecule has 1 aromatic carbocycles. The first-order chi connectivity index (χ1) is 9.77. The number of hydrogen-bond donors (Lipinski definition) is 1. The number of carbonyl (C=O) groups excluding carboxylic acids is 1. The molecule has 0 saturated carbocycles. The van der Waals surface area contributed by atoms with E-state index >= 15 is 0 Å². The van der Waals surface area contributed by atoms with Crippen molar-refractivity contribution in [3.8, 4) is 0 Å². The topological polar surface area (TPSA) is 91.8 Å². The fourth-order valence-electron chi connectivity index (χ4n) is 1.75. The van der Waals surface area contributed by atoms with Crippen molar-refractivity contribution in [1.29, 1.82) is 0 Å². The number of nitrogens with zero attached hydrogens (tertiary/aromatic N) is 1. The first kappa shape index (κ1) is 17.2. The summed E-state index contributed by atoms with van der Waals surface area (Å²) in [5.41, 5.74) is 0.258. The van der Waals surface area contributed by atoms with E-state index in [0.29, 0.717) is 6.42 Å². The lowest BCUT2D eigenvalue weighted by atomic mass is 10.2. The van der Waals surface area contributed by atoms with Crippen LogP contribution in [0.25, 0.3) is 0 Å². The zero-order chi connectivity index (χ0) is 16.0. The summed E-state index contributed by atoms with van der Waals surface area (Å²) in [4.78, 5) is 23.7. The summed E-state index contributed by atoms with van der Waals surface area (Å²) in [7, 11) is -1.95. The molecule has 116 valence electrons. The lowest BCUT2D eigenvalue weighted by Gasteiger charge is -2.14. The highest BCUT2D eigenvalue weighted by atomic mass is 32.2. The van der Waals surface area contributed by atoms with Gasteiger partial charge in [-0.25, -0.2) is 8.42 Å². The molecule has 6 nitrogen and oxygen atoms in total. The Balaban J connectivity index is 2.87. The number of sulfone groups is 1. The smallest absolute Gasteiger partial charge is 0.323 e. The van der Waals surface area contributed by atoms with Crippen LogP contribution < -0.4 is 0 Å². The average Bonchev–Trinajstić information content (AvgIpc) is 2.43. The predicted octanol–water partition coefficient (Wildman–Crippen LogP) is 1.42. The number of likely N-dealkylation sites (N-methyl/N-ethyl adjacent to an activating group) is 1. The van der Waals surface area contributed by atoms with Gasteiger partial charge in [-0.1, -0.05) is 13.3 Å². The maximum absolute atomic E-state index is 12.0. The van der Waals surface area contributed by atoms with Crippen molar-refractivity contribution < 1.29 is 23.1 Å². The van der Waals surface area contributed by atoms with Crippen LogP contribution in [0.5, 0.6) is 0 Å². The molecule has 7 heteroatoms. The molecule has 1 aromatic rings. The number of carbonyl (C=O) groups is 2. The van der Waals surface area contributed by atoms with Crippen molar-refractivity contribution in [2.45, 2.75) is 24.7 Å². The van der Waals surface area contributed by atoms with Crippen molar-refractivity contribution in [2.75, 3.05) is 19.3 Å². The molecule has 0 atom stereocenters. The van der Waals surface area contributed by atoms with E-state index in [9.17, 15) is 18.0 Å². The molecule has 0 radical (unpaired) electrons. The molecular formula is C14H19NO5S. The van der Waals surface area contributed by atoms with Crippen molar-refractivity contribution >= 4 is 21.7 Å². The number of carboxylic acids is 1. The SMILES string of the molecule is CCCCS(=O)(=O)c1ccc(C(=O)N(C)CC(=O)O)cc1. The third kappa shape index (κ3) is 4.86. The molecule has 0 unspecified atom stereocenters. The predicted molar refractivity (Wildman–Crippen MR) is 78.0 cm³/mol. The second-order valence-corrected chi connectivity index (χ2v) is 6.86. The maximum atomic E-state index is 12.0. The van der Waals surface area contributed by atoms with Gasteiger partial charge in [-0.3, -0.25) is 9.59 Å². The number of benzene rings is 1. The molecule has 0 aliphatic rings. The van der Waals surface area contributed by atoms with Gasteiger partial charge in [0.15, 0.2) is 9.84 Å². The summed E-state index contributed by atoms with van der Waals surface area (Å²) >= 11 is 0. The third-order valence-corrected chi connectivity index (χ3v) is 4.76. The molecule has 0 aliphatic carbocycles. The number of aliphatic carboxylic acids is 1. The van der Waals surface area contributed by atoms with Crippen LogP contribution in [-0.2, 0) is 14.6 Å². The summed E-state index contributed by atoms with van der Waals surface area (Å²) in [6, 6.07) is 5.57. The summed E-state index contributed by atoms with van der Waals surface area (Å²) in [5, 5.41) is 8.64. The Morgan fingerprint density at radius 1 is 1.19 bits per heavy atom. The molecule has 1 N–H and O–H groups in total. The van der Waals surface area contributed by atoms with Gasteiger partial charge in [0, 0.05) is 12.6 Å². The van der Waals surface area contributed by atoms with Crippen LogP contribution in [0.3, 0.4) is 0 Å². The molecule has 0 aromatic heterocycles. The Bertz CT molecular complexity index is 607. The molecule has 0 bridgehead atoms. The van der Waals surface area contributed by atoms with Gasteiger partial charge >= 0.3 is 5.97 Å². The number of rotatable bonds is 7. The largest absolute Gasteiger partial charge is 0.480 e. The summed E-state index contributed by atoms with van der Waals surface area (Å²) in [5.74, 6) is -1.49. The zero-order valence-electron chi connectivity index (χ0n) is 12.1. The number of amides is 1. The van der Waals surface area contributed by atoms with Crippen LogP contribution >= 0.6 is 0 Å². The van der Waals surface area contributed by atoms with E-state index in [1.54, 1.807) is 0 Å². The van der Waals surface area contributed by atoms with Gasteiger partial charge in [-0.05, 0) is 30.7 Å². The lowest BCUT2D eigenvalue weighted by molar-refractivity contribution is -0.137. The maximum Gasteiger partial charge on any atom is 0.323 e. The van der Waals surface area contributed by atoms with Crippen LogP contribution in [0.4, 0.5) is 0 Å². The highest BCUT2D eigenvalue weighted by Crippen LogP contribution is 2.15. The third-order valence-electron chi connectivity index (χ3n) is 2.95. The highest BCUT2D eigenvalue weighted by Gasteiger charge is 2.17. The van der Waals surface area contributed by atoms with Crippen LogP contribution in [0.2, 0.25) is 0 Å². The molecule has 1 rings (SSSR count). The number of hydrogen-bond acceptors (Lipinski definition) is 4. The fraction of sp³-hybridized carbons (Fsp3) is 0.429.